The zero-order chi connectivity index (χ0) is 9.97. The summed E-state index contributed by atoms with van der Waals surface area (Å²) in [6, 6.07) is 0.748. The van der Waals surface area contributed by atoms with Gasteiger partial charge in [0.2, 0.25) is 0 Å². The van der Waals surface area contributed by atoms with Crippen LogP contribution in [0.15, 0.2) is 0 Å². The van der Waals surface area contributed by atoms with Crippen molar-refractivity contribution in [2.24, 2.45) is 0 Å². The van der Waals surface area contributed by atoms with E-state index in [0.29, 0.717) is 12.2 Å². The van der Waals surface area contributed by atoms with E-state index >= 15 is 0 Å². The van der Waals surface area contributed by atoms with Gasteiger partial charge in [0.25, 0.3) is 0 Å². The lowest BCUT2D eigenvalue weighted by Crippen LogP contribution is -2.54. The molecular formula is C11H22N2O. The van der Waals surface area contributed by atoms with E-state index in [-0.39, 0.29) is 0 Å². The Labute approximate surface area is 86.8 Å². The van der Waals surface area contributed by atoms with E-state index in [1.807, 2.05) is 0 Å². The summed E-state index contributed by atoms with van der Waals surface area (Å²) < 4.78 is 5.75. The van der Waals surface area contributed by atoms with Gasteiger partial charge >= 0.3 is 0 Å². The lowest BCUT2D eigenvalue weighted by Gasteiger charge is -2.41. The van der Waals surface area contributed by atoms with Crippen molar-refractivity contribution < 1.29 is 4.74 Å². The summed E-state index contributed by atoms with van der Waals surface area (Å²) in [7, 11) is 0. The number of morpholine rings is 1. The molecule has 2 aliphatic heterocycles. The van der Waals surface area contributed by atoms with Crippen LogP contribution in [0.25, 0.3) is 0 Å². The number of nitrogens with zero attached hydrogens (tertiary/aromatic N) is 1. The van der Waals surface area contributed by atoms with Crippen molar-refractivity contribution in [2.75, 3.05) is 26.2 Å². The largest absolute Gasteiger partial charge is 0.373 e. The Morgan fingerprint density at radius 3 is 2.50 bits per heavy atom. The van der Waals surface area contributed by atoms with Crippen molar-refractivity contribution in [1.29, 1.82) is 0 Å². The molecule has 0 radical (unpaired) electrons. The minimum Gasteiger partial charge on any atom is -0.373 e. The fourth-order valence-electron chi connectivity index (χ4n) is 2.66. The molecule has 2 fully saturated rings. The SMILES string of the molecule is CC1CN(C2CCCNC2)CC(C)O1. The van der Waals surface area contributed by atoms with Crippen LogP contribution in [0.1, 0.15) is 26.7 Å². The fourth-order valence-corrected chi connectivity index (χ4v) is 2.66. The number of ether oxygens (including phenoxy) is 1. The Bertz CT molecular complexity index is 170. The third kappa shape index (κ3) is 2.47. The summed E-state index contributed by atoms with van der Waals surface area (Å²) in [5, 5.41) is 3.48. The first kappa shape index (κ1) is 10.4. The second kappa shape index (κ2) is 4.60. The molecule has 2 rings (SSSR count). The zero-order valence-corrected chi connectivity index (χ0v) is 9.33. The predicted molar refractivity (Wildman–Crippen MR) is 57.5 cm³/mol. The molecule has 0 aromatic heterocycles. The summed E-state index contributed by atoms with van der Waals surface area (Å²) >= 11 is 0. The van der Waals surface area contributed by atoms with Crippen LogP contribution in [0.5, 0.6) is 0 Å². The topological polar surface area (TPSA) is 24.5 Å². The second-order valence-corrected chi connectivity index (χ2v) is 4.71. The van der Waals surface area contributed by atoms with E-state index in [2.05, 4.69) is 24.1 Å². The number of hydrogen-bond acceptors (Lipinski definition) is 3. The van der Waals surface area contributed by atoms with Gasteiger partial charge in [-0.25, -0.2) is 0 Å². The van der Waals surface area contributed by atoms with E-state index in [1.165, 1.54) is 25.9 Å². The van der Waals surface area contributed by atoms with Crippen molar-refractivity contribution in [3.8, 4) is 0 Å². The molecule has 0 aromatic rings. The Morgan fingerprint density at radius 2 is 1.93 bits per heavy atom. The van der Waals surface area contributed by atoms with Crippen molar-refractivity contribution in [2.45, 2.75) is 44.9 Å². The van der Waals surface area contributed by atoms with E-state index in [1.54, 1.807) is 0 Å². The number of rotatable bonds is 1. The van der Waals surface area contributed by atoms with Crippen LogP contribution in [0.3, 0.4) is 0 Å². The minimum absolute atomic E-state index is 0.403. The molecule has 0 bridgehead atoms. The van der Waals surface area contributed by atoms with Gasteiger partial charge in [0, 0.05) is 25.7 Å². The Morgan fingerprint density at radius 1 is 1.21 bits per heavy atom. The van der Waals surface area contributed by atoms with E-state index in [4.69, 9.17) is 4.74 Å². The highest BCUT2D eigenvalue weighted by Gasteiger charge is 2.28. The summed E-state index contributed by atoms with van der Waals surface area (Å²) in [6.45, 7) is 8.94. The lowest BCUT2D eigenvalue weighted by molar-refractivity contribution is -0.0823. The van der Waals surface area contributed by atoms with Gasteiger partial charge in [-0.15, -0.1) is 0 Å². The van der Waals surface area contributed by atoms with Crippen LogP contribution >= 0.6 is 0 Å². The molecule has 3 atom stereocenters. The Hall–Kier alpha value is -0.120. The van der Waals surface area contributed by atoms with Crippen LogP contribution < -0.4 is 5.32 Å². The molecule has 0 saturated carbocycles. The average Bonchev–Trinajstić information content (AvgIpc) is 2.18. The van der Waals surface area contributed by atoms with E-state index in [9.17, 15) is 0 Å². The highest BCUT2D eigenvalue weighted by atomic mass is 16.5. The second-order valence-electron chi connectivity index (χ2n) is 4.71. The molecule has 82 valence electrons. The number of hydrogen-bond donors (Lipinski definition) is 1. The molecule has 3 heteroatoms. The summed E-state index contributed by atoms with van der Waals surface area (Å²) in [5.74, 6) is 0. The highest BCUT2D eigenvalue weighted by molar-refractivity contribution is 4.83. The fraction of sp³-hybridized carbons (Fsp3) is 1.00. The van der Waals surface area contributed by atoms with Gasteiger partial charge in [-0.05, 0) is 33.2 Å². The summed E-state index contributed by atoms with van der Waals surface area (Å²) in [4.78, 5) is 2.60. The Kier molecular flexibility index (Phi) is 3.42. The lowest BCUT2D eigenvalue weighted by atomic mass is 10.0. The van der Waals surface area contributed by atoms with E-state index < -0.39 is 0 Å². The molecule has 2 saturated heterocycles. The molecular weight excluding hydrogens is 176 g/mol. The van der Waals surface area contributed by atoms with Crippen LogP contribution in [-0.4, -0.2) is 49.3 Å². The first-order valence-corrected chi connectivity index (χ1v) is 5.86. The Balaban J connectivity index is 1.88. The quantitative estimate of drug-likeness (QED) is 0.676. The maximum absolute atomic E-state index is 5.75. The molecule has 1 N–H and O–H groups in total. The van der Waals surface area contributed by atoms with E-state index in [0.717, 1.165) is 19.1 Å². The van der Waals surface area contributed by atoms with Crippen LogP contribution in [0, 0.1) is 0 Å². The normalized spacial score (nSPS) is 41.1. The molecule has 3 unspecified atom stereocenters. The van der Waals surface area contributed by atoms with Crippen molar-refractivity contribution in [3.63, 3.8) is 0 Å². The smallest absolute Gasteiger partial charge is 0.0678 e. The molecule has 0 amide bonds. The molecule has 0 aliphatic carbocycles. The van der Waals surface area contributed by atoms with Crippen LogP contribution in [0.4, 0.5) is 0 Å². The summed E-state index contributed by atoms with van der Waals surface area (Å²) in [5.41, 5.74) is 0. The standard InChI is InChI=1S/C11H22N2O/c1-9-7-13(8-10(2)14-9)11-4-3-5-12-6-11/h9-12H,3-8H2,1-2H3. The van der Waals surface area contributed by atoms with Crippen molar-refractivity contribution in [3.05, 3.63) is 0 Å². The molecule has 0 spiro atoms. The van der Waals surface area contributed by atoms with Crippen LogP contribution in [0.2, 0.25) is 0 Å². The maximum atomic E-state index is 5.75. The van der Waals surface area contributed by atoms with Crippen molar-refractivity contribution >= 4 is 0 Å². The monoisotopic (exact) mass is 198 g/mol. The molecule has 14 heavy (non-hydrogen) atoms. The van der Waals surface area contributed by atoms with Gasteiger partial charge in [-0.2, -0.15) is 0 Å². The van der Waals surface area contributed by atoms with Crippen molar-refractivity contribution in [1.82, 2.24) is 10.2 Å². The molecule has 0 aromatic carbocycles. The van der Waals surface area contributed by atoms with Gasteiger partial charge in [-0.3, -0.25) is 4.90 Å². The molecule has 3 nitrogen and oxygen atoms in total. The van der Waals surface area contributed by atoms with Gasteiger partial charge in [0.15, 0.2) is 0 Å². The number of piperidine rings is 1. The van der Waals surface area contributed by atoms with Crippen LogP contribution in [-0.2, 0) is 4.74 Å². The number of nitrogens with one attached hydrogen (secondary N) is 1. The van der Waals surface area contributed by atoms with Gasteiger partial charge in [0.05, 0.1) is 12.2 Å². The predicted octanol–water partition coefficient (Wildman–Crippen LogP) is 0.848. The van der Waals surface area contributed by atoms with Gasteiger partial charge in [-0.1, -0.05) is 0 Å². The van der Waals surface area contributed by atoms with Gasteiger partial charge < -0.3 is 10.1 Å². The molecule has 2 aliphatic rings. The first-order chi connectivity index (χ1) is 6.75. The highest BCUT2D eigenvalue weighted by Crippen LogP contribution is 2.17. The third-order valence-corrected chi connectivity index (χ3v) is 3.24. The summed E-state index contributed by atoms with van der Waals surface area (Å²) in [6.07, 6.45) is 3.48. The average molecular weight is 198 g/mol. The third-order valence-electron chi connectivity index (χ3n) is 3.24. The maximum Gasteiger partial charge on any atom is 0.0678 e. The zero-order valence-electron chi connectivity index (χ0n) is 9.33. The molecule has 2 heterocycles. The minimum atomic E-state index is 0.403. The van der Waals surface area contributed by atoms with Gasteiger partial charge in [0.1, 0.15) is 0 Å². The first-order valence-electron chi connectivity index (χ1n) is 5.86.